The van der Waals surface area contributed by atoms with Crippen LogP contribution in [0.15, 0.2) is 12.4 Å². The van der Waals surface area contributed by atoms with Crippen molar-refractivity contribution in [2.75, 3.05) is 0 Å². The maximum Gasteiger partial charge on any atom is 0.243 e. The van der Waals surface area contributed by atoms with Gasteiger partial charge in [0.2, 0.25) is 5.91 Å². The van der Waals surface area contributed by atoms with Crippen LogP contribution in [0.2, 0.25) is 0 Å². The maximum absolute atomic E-state index is 10.6. The monoisotopic (exact) mass is 158 g/mol. The molecule has 0 bridgehead atoms. The summed E-state index contributed by atoms with van der Waals surface area (Å²) < 4.78 is 1.26. The molecule has 0 aliphatic rings. The van der Waals surface area contributed by atoms with Gasteiger partial charge in [0.15, 0.2) is 0 Å². The highest BCUT2D eigenvalue weighted by molar-refractivity contribution is 6.17. The summed E-state index contributed by atoms with van der Waals surface area (Å²) in [6, 6.07) is 0. The molecular weight excluding hydrogens is 152 g/mol. The Balaban J connectivity index is 2.88. The molecule has 1 rings (SSSR count). The summed E-state index contributed by atoms with van der Waals surface area (Å²) in [7, 11) is 0. The summed E-state index contributed by atoms with van der Waals surface area (Å²) in [5.41, 5.74) is 0.858. The number of carbonyl (C=O) groups is 1. The van der Waals surface area contributed by atoms with Crippen molar-refractivity contribution < 1.29 is 4.79 Å². The van der Waals surface area contributed by atoms with E-state index < -0.39 is 0 Å². The van der Waals surface area contributed by atoms with Crippen LogP contribution >= 0.6 is 11.6 Å². The molecule has 0 amide bonds. The summed E-state index contributed by atoms with van der Waals surface area (Å²) in [6.07, 6.45) is 3.20. The van der Waals surface area contributed by atoms with Gasteiger partial charge in [-0.25, -0.2) is 4.68 Å². The molecule has 0 fully saturated rings. The number of alkyl halides is 1. The van der Waals surface area contributed by atoms with Crippen molar-refractivity contribution in [2.24, 2.45) is 0 Å². The average Bonchev–Trinajstić information content (AvgIpc) is 2.34. The molecule has 54 valence electrons. The smallest absolute Gasteiger partial charge is 0.243 e. The first kappa shape index (κ1) is 7.28. The summed E-state index contributed by atoms with van der Waals surface area (Å²) >= 11 is 5.48. The van der Waals surface area contributed by atoms with Crippen LogP contribution in [0.1, 0.15) is 17.3 Å². The van der Waals surface area contributed by atoms with E-state index in [1.807, 2.05) is 0 Å². The van der Waals surface area contributed by atoms with Crippen LogP contribution in [0.5, 0.6) is 0 Å². The molecule has 0 N–H and O–H groups in total. The summed E-state index contributed by atoms with van der Waals surface area (Å²) in [6.45, 7) is 1.45. The van der Waals surface area contributed by atoms with Crippen LogP contribution < -0.4 is 0 Å². The fourth-order valence-corrected chi connectivity index (χ4v) is 0.739. The third-order valence-electron chi connectivity index (χ3n) is 1.11. The van der Waals surface area contributed by atoms with Crippen molar-refractivity contribution in [1.82, 2.24) is 9.78 Å². The zero-order chi connectivity index (χ0) is 7.56. The molecule has 0 unspecified atom stereocenters. The van der Waals surface area contributed by atoms with Gasteiger partial charge < -0.3 is 0 Å². The molecule has 1 heterocycles. The topological polar surface area (TPSA) is 34.9 Å². The van der Waals surface area contributed by atoms with E-state index in [1.54, 1.807) is 12.4 Å². The van der Waals surface area contributed by atoms with E-state index in [2.05, 4.69) is 5.10 Å². The van der Waals surface area contributed by atoms with Gasteiger partial charge in [0.05, 0.1) is 12.1 Å². The number of nitrogens with zero attached hydrogens (tertiary/aromatic N) is 2. The third-order valence-corrected chi connectivity index (χ3v) is 1.42. The van der Waals surface area contributed by atoms with Gasteiger partial charge in [0.1, 0.15) is 0 Å². The summed E-state index contributed by atoms with van der Waals surface area (Å²) in [5.74, 6) is 0.296. The number of hydrogen-bond donors (Lipinski definition) is 0. The molecule has 0 aliphatic heterocycles. The van der Waals surface area contributed by atoms with E-state index in [9.17, 15) is 4.79 Å². The molecule has 3 nitrogen and oxygen atoms in total. The number of carbonyl (C=O) groups excluding carboxylic acids is 1. The van der Waals surface area contributed by atoms with Crippen molar-refractivity contribution in [1.29, 1.82) is 0 Å². The third kappa shape index (κ3) is 1.36. The van der Waals surface area contributed by atoms with Crippen LogP contribution in [0, 0.1) is 0 Å². The molecule has 0 radical (unpaired) electrons. The van der Waals surface area contributed by atoms with Crippen LogP contribution in [0.25, 0.3) is 0 Å². The molecule has 0 saturated carbocycles. The Labute approximate surface area is 63.6 Å². The number of halogens is 1. The van der Waals surface area contributed by atoms with Gasteiger partial charge in [-0.05, 0) is 0 Å². The van der Waals surface area contributed by atoms with Crippen molar-refractivity contribution in [2.45, 2.75) is 12.8 Å². The Morgan fingerprint density at radius 3 is 2.90 bits per heavy atom. The lowest BCUT2D eigenvalue weighted by Crippen LogP contribution is -2.04. The lowest BCUT2D eigenvalue weighted by atomic mass is 10.4. The molecule has 1 aromatic heterocycles. The quantitative estimate of drug-likeness (QED) is 0.578. The predicted molar refractivity (Wildman–Crippen MR) is 38.1 cm³/mol. The van der Waals surface area contributed by atoms with E-state index in [4.69, 9.17) is 11.6 Å². The minimum absolute atomic E-state index is 0.101. The van der Waals surface area contributed by atoms with Crippen molar-refractivity contribution in [3.8, 4) is 0 Å². The Morgan fingerprint density at radius 2 is 2.60 bits per heavy atom. The van der Waals surface area contributed by atoms with Crippen molar-refractivity contribution >= 4 is 17.5 Å². The van der Waals surface area contributed by atoms with E-state index in [1.165, 1.54) is 11.6 Å². The van der Waals surface area contributed by atoms with Crippen LogP contribution in [0.4, 0.5) is 0 Å². The first-order valence-electron chi connectivity index (χ1n) is 2.84. The molecule has 0 aliphatic carbocycles. The van der Waals surface area contributed by atoms with Gasteiger partial charge in [0.25, 0.3) is 0 Å². The maximum atomic E-state index is 10.6. The minimum atomic E-state index is -0.101. The molecule has 0 atom stereocenters. The molecule has 1 aromatic rings. The molecule has 10 heavy (non-hydrogen) atoms. The summed E-state index contributed by atoms with van der Waals surface area (Å²) in [5, 5.41) is 3.77. The molecule has 0 aromatic carbocycles. The fraction of sp³-hybridized carbons (Fsp3) is 0.333. The highest BCUT2D eigenvalue weighted by Gasteiger charge is 1.98. The Kier molecular flexibility index (Phi) is 2.06. The van der Waals surface area contributed by atoms with Crippen LogP contribution in [0.3, 0.4) is 0 Å². The molecule has 4 heteroatoms. The molecule has 0 saturated heterocycles. The second-order valence-electron chi connectivity index (χ2n) is 1.95. The van der Waals surface area contributed by atoms with E-state index in [-0.39, 0.29) is 5.91 Å². The lowest BCUT2D eigenvalue weighted by molar-refractivity contribution is 0.0921. The molecule has 0 spiro atoms. The highest BCUT2D eigenvalue weighted by atomic mass is 35.5. The summed E-state index contributed by atoms with van der Waals surface area (Å²) in [4.78, 5) is 10.6. The standard InChI is InChI=1S/C6H7ClN2O/c1-5(10)9-4-6(2-7)3-8-9/h3-4H,2H2,1H3. The van der Waals surface area contributed by atoms with Crippen molar-refractivity contribution in [3.63, 3.8) is 0 Å². The Bertz CT molecular complexity index is 244. The Morgan fingerprint density at radius 1 is 1.90 bits per heavy atom. The minimum Gasteiger partial charge on any atom is -0.273 e. The number of hydrogen-bond acceptors (Lipinski definition) is 2. The highest BCUT2D eigenvalue weighted by Crippen LogP contribution is 2.00. The van der Waals surface area contributed by atoms with Gasteiger partial charge >= 0.3 is 0 Å². The number of rotatable bonds is 1. The SMILES string of the molecule is CC(=O)n1cc(CCl)cn1. The average molecular weight is 159 g/mol. The van der Waals surface area contributed by atoms with Crippen molar-refractivity contribution in [3.05, 3.63) is 18.0 Å². The van der Waals surface area contributed by atoms with E-state index >= 15 is 0 Å². The largest absolute Gasteiger partial charge is 0.273 e. The van der Waals surface area contributed by atoms with Gasteiger partial charge in [0, 0.05) is 18.7 Å². The normalized spacial score (nSPS) is 9.80. The first-order chi connectivity index (χ1) is 4.74. The first-order valence-corrected chi connectivity index (χ1v) is 3.38. The predicted octanol–water partition coefficient (Wildman–Crippen LogP) is 1.28. The van der Waals surface area contributed by atoms with Gasteiger partial charge in [-0.3, -0.25) is 4.79 Å². The van der Waals surface area contributed by atoms with Crippen LogP contribution in [-0.2, 0) is 5.88 Å². The van der Waals surface area contributed by atoms with Gasteiger partial charge in [-0.2, -0.15) is 5.10 Å². The zero-order valence-corrected chi connectivity index (χ0v) is 6.30. The lowest BCUT2D eigenvalue weighted by Gasteiger charge is -1.88. The number of aromatic nitrogens is 2. The Hall–Kier alpha value is -0.830. The van der Waals surface area contributed by atoms with Gasteiger partial charge in [-0.1, -0.05) is 0 Å². The molecular formula is C6H7ClN2O. The van der Waals surface area contributed by atoms with E-state index in [0.717, 1.165) is 5.56 Å². The van der Waals surface area contributed by atoms with Gasteiger partial charge in [-0.15, -0.1) is 11.6 Å². The fourth-order valence-electron chi connectivity index (χ4n) is 0.601. The van der Waals surface area contributed by atoms with Crippen LogP contribution in [-0.4, -0.2) is 15.7 Å². The second-order valence-corrected chi connectivity index (χ2v) is 2.21. The zero-order valence-electron chi connectivity index (χ0n) is 5.54. The van der Waals surface area contributed by atoms with E-state index in [0.29, 0.717) is 5.88 Å². The second kappa shape index (κ2) is 2.84.